The predicted molar refractivity (Wildman–Crippen MR) is 54.0 cm³/mol. The van der Waals surface area contributed by atoms with Gasteiger partial charge in [0.05, 0.1) is 17.5 Å². The zero-order chi connectivity index (χ0) is 11.9. The summed E-state index contributed by atoms with van der Waals surface area (Å²) in [6, 6.07) is 2.82. The molecule has 0 saturated carbocycles. The molecule has 0 fully saturated rings. The monoisotopic (exact) mass is 226 g/mol. The van der Waals surface area contributed by atoms with E-state index in [0.717, 1.165) is 12.3 Å². The number of hydrogen-bond acceptors (Lipinski definition) is 2. The van der Waals surface area contributed by atoms with E-state index in [1.165, 1.54) is 0 Å². The Morgan fingerprint density at radius 2 is 1.75 bits per heavy atom. The Balaban J connectivity index is 2.89. The molecule has 0 aliphatic heterocycles. The molecule has 0 unspecified atom stereocenters. The van der Waals surface area contributed by atoms with Gasteiger partial charge in [-0.15, -0.1) is 0 Å². The number of aromatic nitrogens is 2. The first-order valence-electron chi connectivity index (χ1n) is 4.69. The fourth-order valence-corrected chi connectivity index (χ4v) is 1.70. The van der Waals surface area contributed by atoms with Crippen LogP contribution in [0, 0.1) is 13.8 Å². The highest BCUT2D eigenvalue weighted by atomic mass is 19.4. The summed E-state index contributed by atoms with van der Waals surface area (Å²) in [5.41, 5.74) is 0.420. The van der Waals surface area contributed by atoms with Gasteiger partial charge in [0.1, 0.15) is 0 Å². The van der Waals surface area contributed by atoms with Crippen LogP contribution >= 0.6 is 0 Å². The Bertz CT molecular complexity index is 547. The summed E-state index contributed by atoms with van der Waals surface area (Å²) in [6.07, 6.45) is -3.20. The summed E-state index contributed by atoms with van der Waals surface area (Å²) in [5.74, 6) is 0. The van der Waals surface area contributed by atoms with E-state index in [-0.39, 0.29) is 5.39 Å². The third kappa shape index (κ3) is 1.73. The lowest BCUT2D eigenvalue weighted by atomic mass is 10.0. The smallest absolute Gasteiger partial charge is 0.166 e. The SMILES string of the molecule is Cc1cc(C(F)(F)F)c2cnnc(C)c2c1. The molecule has 0 N–H and O–H groups in total. The Labute approximate surface area is 90.1 Å². The van der Waals surface area contributed by atoms with Gasteiger partial charge in [0.2, 0.25) is 0 Å². The number of halogens is 3. The van der Waals surface area contributed by atoms with Crippen molar-refractivity contribution in [1.29, 1.82) is 0 Å². The van der Waals surface area contributed by atoms with Crippen LogP contribution in [0.15, 0.2) is 18.3 Å². The average molecular weight is 226 g/mol. The summed E-state index contributed by atoms with van der Waals surface area (Å²) in [4.78, 5) is 0. The maximum absolute atomic E-state index is 12.8. The number of benzene rings is 1. The van der Waals surface area contributed by atoms with Crippen molar-refractivity contribution in [2.75, 3.05) is 0 Å². The van der Waals surface area contributed by atoms with Gasteiger partial charge in [0, 0.05) is 10.8 Å². The normalized spacial score (nSPS) is 12.1. The molecule has 1 heterocycles. The van der Waals surface area contributed by atoms with Gasteiger partial charge >= 0.3 is 6.18 Å². The Morgan fingerprint density at radius 1 is 1.06 bits per heavy atom. The maximum Gasteiger partial charge on any atom is 0.417 e. The van der Waals surface area contributed by atoms with Gasteiger partial charge in [-0.1, -0.05) is 0 Å². The second-order valence-electron chi connectivity index (χ2n) is 3.70. The molecule has 0 saturated heterocycles. The summed E-state index contributed by atoms with van der Waals surface area (Å²) in [5, 5.41) is 7.93. The highest BCUT2D eigenvalue weighted by Crippen LogP contribution is 2.35. The molecule has 0 atom stereocenters. The molecule has 0 aliphatic carbocycles. The highest BCUT2D eigenvalue weighted by Gasteiger charge is 2.33. The van der Waals surface area contributed by atoms with Crippen molar-refractivity contribution in [2.45, 2.75) is 20.0 Å². The summed E-state index contributed by atoms with van der Waals surface area (Å²) in [7, 11) is 0. The lowest BCUT2D eigenvalue weighted by molar-refractivity contribution is -0.136. The van der Waals surface area contributed by atoms with E-state index in [1.807, 2.05) is 0 Å². The van der Waals surface area contributed by atoms with Crippen molar-refractivity contribution in [3.63, 3.8) is 0 Å². The highest BCUT2D eigenvalue weighted by molar-refractivity contribution is 5.87. The van der Waals surface area contributed by atoms with Gasteiger partial charge in [-0.25, -0.2) is 0 Å². The third-order valence-corrected chi connectivity index (χ3v) is 2.41. The maximum atomic E-state index is 12.8. The molecule has 2 aromatic rings. The molecule has 2 rings (SSSR count). The van der Waals surface area contributed by atoms with Crippen LogP contribution in [0.5, 0.6) is 0 Å². The van der Waals surface area contributed by atoms with Gasteiger partial charge < -0.3 is 0 Å². The molecule has 0 radical (unpaired) electrons. The van der Waals surface area contributed by atoms with Crippen molar-refractivity contribution in [1.82, 2.24) is 10.2 Å². The molecule has 1 aromatic heterocycles. The average Bonchev–Trinajstić information content (AvgIpc) is 2.17. The first-order valence-corrected chi connectivity index (χ1v) is 4.69. The second-order valence-corrected chi connectivity index (χ2v) is 3.70. The minimum atomic E-state index is -4.36. The topological polar surface area (TPSA) is 25.8 Å². The molecule has 0 bridgehead atoms. The van der Waals surface area contributed by atoms with E-state index < -0.39 is 11.7 Å². The predicted octanol–water partition coefficient (Wildman–Crippen LogP) is 3.27. The van der Waals surface area contributed by atoms with Crippen molar-refractivity contribution in [3.05, 3.63) is 35.2 Å². The van der Waals surface area contributed by atoms with Crippen LogP contribution in [-0.4, -0.2) is 10.2 Å². The van der Waals surface area contributed by atoms with Crippen LogP contribution in [0.2, 0.25) is 0 Å². The molecular weight excluding hydrogens is 217 g/mol. The Morgan fingerprint density at radius 3 is 2.38 bits per heavy atom. The van der Waals surface area contributed by atoms with Crippen LogP contribution in [0.1, 0.15) is 16.8 Å². The van der Waals surface area contributed by atoms with E-state index in [9.17, 15) is 13.2 Å². The van der Waals surface area contributed by atoms with Crippen LogP contribution < -0.4 is 0 Å². The molecule has 0 aliphatic rings. The van der Waals surface area contributed by atoms with Gasteiger partial charge in [-0.05, 0) is 31.5 Å². The fourth-order valence-electron chi connectivity index (χ4n) is 1.70. The lowest BCUT2D eigenvalue weighted by Crippen LogP contribution is -2.07. The van der Waals surface area contributed by atoms with Crippen LogP contribution in [0.4, 0.5) is 13.2 Å². The standard InChI is InChI=1S/C11H9F3N2/c1-6-3-8-7(2)16-15-5-9(8)10(4-6)11(12,13)14/h3-5H,1-2H3. The first-order chi connectivity index (χ1) is 7.39. The minimum absolute atomic E-state index is 0.102. The molecule has 5 heteroatoms. The third-order valence-electron chi connectivity index (χ3n) is 2.41. The number of alkyl halides is 3. The van der Waals surface area contributed by atoms with Crippen molar-refractivity contribution in [2.24, 2.45) is 0 Å². The van der Waals surface area contributed by atoms with E-state index in [2.05, 4.69) is 10.2 Å². The number of aryl methyl sites for hydroxylation is 2. The summed E-state index contributed by atoms with van der Waals surface area (Å²) < 4.78 is 38.3. The molecule has 16 heavy (non-hydrogen) atoms. The van der Waals surface area contributed by atoms with E-state index in [1.54, 1.807) is 19.9 Å². The molecule has 84 valence electrons. The van der Waals surface area contributed by atoms with Crippen LogP contribution in [-0.2, 0) is 6.18 Å². The van der Waals surface area contributed by atoms with E-state index in [0.29, 0.717) is 16.6 Å². The van der Waals surface area contributed by atoms with E-state index in [4.69, 9.17) is 0 Å². The van der Waals surface area contributed by atoms with Gasteiger partial charge in [-0.2, -0.15) is 23.4 Å². The van der Waals surface area contributed by atoms with Crippen LogP contribution in [0.25, 0.3) is 10.8 Å². The number of nitrogens with zero attached hydrogens (tertiary/aromatic N) is 2. The Hall–Kier alpha value is -1.65. The first kappa shape index (κ1) is 10.9. The van der Waals surface area contributed by atoms with Gasteiger partial charge in [-0.3, -0.25) is 0 Å². The summed E-state index contributed by atoms with van der Waals surface area (Å²) in [6.45, 7) is 3.28. The minimum Gasteiger partial charge on any atom is -0.166 e. The lowest BCUT2D eigenvalue weighted by Gasteiger charge is -2.11. The molecule has 1 aromatic carbocycles. The van der Waals surface area contributed by atoms with Crippen LogP contribution in [0.3, 0.4) is 0 Å². The van der Waals surface area contributed by atoms with Crippen molar-refractivity contribution < 1.29 is 13.2 Å². The number of fused-ring (bicyclic) bond motifs is 1. The zero-order valence-electron chi connectivity index (χ0n) is 8.76. The fraction of sp³-hybridized carbons (Fsp3) is 0.273. The van der Waals surface area contributed by atoms with Gasteiger partial charge in [0.15, 0.2) is 0 Å². The summed E-state index contributed by atoms with van der Waals surface area (Å²) >= 11 is 0. The zero-order valence-corrected chi connectivity index (χ0v) is 8.76. The molecule has 2 nitrogen and oxygen atoms in total. The Kier molecular flexibility index (Phi) is 2.33. The van der Waals surface area contributed by atoms with Gasteiger partial charge in [0.25, 0.3) is 0 Å². The molecule has 0 amide bonds. The number of rotatable bonds is 0. The quantitative estimate of drug-likeness (QED) is 0.689. The van der Waals surface area contributed by atoms with Crippen molar-refractivity contribution in [3.8, 4) is 0 Å². The second kappa shape index (κ2) is 3.43. The number of hydrogen-bond donors (Lipinski definition) is 0. The largest absolute Gasteiger partial charge is 0.417 e. The molecular formula is C11H9F3N2. The van der Waals surface area contributed by atoms with Crippen molar-refractivity contribution >= 4 is 10.8 Å². The molecule has 0 spiro atoms. The van der Waals surface area contributed by atoms with E-state index >= 15 is 0 Å².